The van der Waals surface area contributed by atoms with E-state index >= 15 is 0 Å². The van der Waals surface area contributed by atoms with Gasteiger partial charge in [-0.15, -0.1) is 0 Å². The lowest BCUT2D eigenvalue weighted by molar-refractivity contribution is 0.0981. The molecule has 2 aromatic heterocycles. The Morgan fingerprint density at radius 1 is 1.35 bits per heavy atom. The van der Waals surface area contributed by atoms with E-state index in [1.807, 2.05) is 49.8 Å². The maximum absolute atomic E-state index is 11.9. The summed E-state index contributed by atoms with van der Waals surface area (Å²) in [5.74, 6) is 1.04. The van der Waals surface area contributed by atoms with Crippen molar-refractivity contribution in [3.63, 3.8) is 0 Å². The zero-order chi connectivity index (χ0) is 22.0. The van der Waals surface area contributed by atoms with Crippen molar-refractivity contribution in [2.75, 3.05) is 12.4 Å². The minimum absolute atomic E-state index is 0.0640. The monoisotopic (exact) mass is 426 g/mol. The van der Waals surface area contributed by atoms with Crippen molar-refractivity contribution in [2.45, 2.75) is 57.8 Å². The number of para-hydroxylation sites is 1. The summed E-state index contributed by atoms with van der Waals surface area (Å²) in [5, 5.41) is 19.4. The molecule has 0 unspecified atom stereocenters. The molecule has 1 saturated carbocycles. The van der Waals surface area contributed by atoms with E-state index in [0.29, 0.717) is 12.5 Å². The van der Waals surface area contributed by atoms with Crippen molar-refractivity contribution in [1.82, 2.24) is 25.3 Å². The van der Waals surface area contributed by atoms with Crippen LogP contribution in [-0.4, -0.2) is 45.3 Å². The number of ether oxygens (including phenoxy) is 2. The van der Waals surface area contributed by atoms with Crippen LogP contribution in [0, 0.1) is 0 Å². The summed E-state index contributed by atoms with van der Waals surface area (Å²) in [7, 11) is 3.60. The normalized spacial score (nSPS) is 18.6. The summed E-state index contributed by atoms with van der Waals surface area (Å²) in [5.41, 5.74) is 3.90. The Morgan fingerprint density at radius 2 is 2.19 bits per heavy atom. The van der Waals surface area contributed by atoms with E-state index in [1.165, 1.54) is 0 Å². The van der Waals surface area contributed by atoms with Crippen molar-refractivity contribution in [2.24, 2.45) is 7.05 Å². The topological polar surface area (TPSA) is 106 Å². The molecule has 0 spiro atoms. The number of nitrogens with zero attached hydrogens (tertiary/aromatic N) is 3. The first-order valence-electron chi connectivity index (χ1n) is 10.7. The Kier molecular flexibility index (Phi) is 6.13. The number of aromatic amines is 1. The molecule has 9 nitrogen and oxygen atoms in total. The van der Waals surface area contributed by atoms with Crippen LogP contribution in [0.5, 0.6) is 0 Å². The van der Waals surface area contributed by atoms with Gasteiger partial charge >= 0.3 is 6.09 Å². The smallest absolute Gasteiger partial charge is 0.407 e. The lowest BCUT2D eigenvalue weighted by atomic mass is 10.0. The number of hydrogen-bond donors (Lipinski definition) is 3. The van der Waals surface area contributed by atoms with Gasteiger partial charge in [0.25, 0.3) is 0 Å². The van der Waals surface area contributed by atoms with Crippen molar-refractivity contribution in [3.8, 4) is 0 Å². The Bertz CT molecular complexity index is 1060. The van der Waals surface area contributed by atoms with Gasteiger partial charge in [-0.1, -0.05) is 12.1 Å². The number of nitrogens with one attached hydrogen (secondary N) is 3. The van der Waals surface area contributed by atoms with E-state index in [4.69, 9.17) is 9.47 Å². The number of carbonyl (C=O) groups excluding carboxylic acids is 1. The van der Waals surface area contributed by atoms with Crippen LogP contribution < -0.4 is 10.6 Å². The van der Waals surface area contributed by atoms with Gasteiger partial charge in [-0.25, -0.2) is 4.79 Å². The number of alkyl carbamates (subject to hydrolysis) is 1. The quantitative estimate of drug-likeness (QED) is 0.528. The fourth-order valence-electron chi connectivity index (χ4n) is 4.25. The van der Waals surface area contributed by atoms with E-state index < -0.39 is 0 Å². The SMILES string of the molecule is COCc1nn(C)c2c(Nc3cc([C@H]4CC[C@@H](OC(=O)NC(C)C)C4)[nH]n3)cccc12. The zero-order valence-corrected chi connectivity index (χ0v) is 18.4. The number of hydrogen-bond acceptors (Lipinski definition) is 6. The van der Waals surface area contributed by atoms with Gasteiger partial charge in [0, 0.05) is 43.3 Å². The molecule has 1 amide bonds. The number of rotatable bonds is 7. The highest BCUT2D eigenvalue weighted by molar-refractivity contribution is 5.94. The molecule has 0 aliphatic heterocycles. The molecule has 2 atom stereocenters. The molecule has 166 valence electrons. The standard InChI is InChI=1S/C22H30N6O3/c1-13(2)23-22(29)31-15-9-8-14(10-15)18-11-20(26-25-18)24-17-7-5-6-16-19(12-30-4)27-28(3)21(16)17/h5-7,11,13-15H,8-10,12H2,1-4H3,(H,23,29)(H2,24,25,26)/t14-,15+/m0/s1. The molecule has 1 aromatic carbocycles. The number of aryl methyl sites for hydroxylation is 1. The minimum Gasteiger partial charge on any atom is -0.446 e. The lowest BCUT2D eigenvalue weighted by Gasteiger charge is -2.14. The van der Waals surface area contributed by atoms with E-state index in [9.17, 15) is 4.79 Å². The van der Waals surface area contributed by atoms with Gasteiger partial charge in [0.1, 0.15) is 6.10 Å². The van der Waals surface area contributed by atoms with Crippen LogP contribution >= 0.6 is 0 Å². The average Bonchev–Trinajstić information content (AvgIpc) is 3.42. The summed E-state index contributed by atoms with van der Waals surface area (Å²) in [6.45, 7) is 4.30. The molecule has 9 heteroatoms. The number of amides is 1. The maximum atomic E-state index is 11.9. The van der Waals surface area contributed by atoms with Crippen molar-refractivity contribution in [3.05, 3.63) is 35.7 Å². The molecule has 1 fully saturated rings. The third-order valence-electron chi connectivity index (χ3n) is 5.59. The van der Waals surface area contributed by atoms with E-state index in [0.717, 1.165) is 53.1 Å². The van der Waals surface area contributed by atoms with Gasteiger partial charge in [0.05, 0.1) is 23.5 Å². The second-order valence-electron chi connectivity index (χ2n) is 8.37. The van der Waals surface area contributed by atoms with Gasteiger partial charge in [0.2, 0.25) is 0 Å². The van der Waals surface area contributed by atoms with Crippen LogP contribution in [0.4, 0.5) is 16.3 Å². The molecule has 2 heterocycles. The molecule has 4 rings (SSSR count). The van der Waals surface area contributed by atoms with Gasteiger partial charge in [0.15, 0.2) is 5.82 Å². The minimum atomic E-state index is -0.343. The van der Waals surface area contributed by atoms with Crippen LogP contribution in [0.25, 0.3) is 10.9 Å². The van der Waals surface area contributed by atoms with Crippen LogP contribution in [0.2, 0.25) is 0 Å². The maximum Gasteiger partial charge on any atom is 0.407 e. The summed E-state index contributed by atoms with van der Waals surface area (Å²) in [4.78, 5) is 11.9. The van der Waals surface area contributed by atoms with E-state index in [1.54, 1.807) is 7.11 Å². The fraction of sp³-hybridized carbons (Fsp3) is 0.500. The van der Waals surface area contributed by atoms with Gasteiger partial charge in [-0.3, -0.25) is 9.78 Å². The highest BCUT2D eigenvalue weighted by Gasteiger charge is 2.30. The number of aromatic nitrogens is 4. The third-order valence-corrected chi connectivity index (χ3v) is 5.59. The van der Waals surface area contributed by atoms with Crippen LogP contribution in [0.15, 0.2) is 24.3 Å². The van der Waals surface area contributed by atoms with E-state index in [2.05, 4.69) is 25.9 Å². The molecule has 0 saturated heterocycles. The number of H-pyrrole nitrogens is 1. The van der Waals surface area contributed by atoms with Gasteiger partial charge in [-0.05, 0) is 39.2 Å². The lowest BCUT2D eigenvalue weighted by Crippen LogP contribution is -2.33. The molecule has 1 aliphatic carbocycles. The number of anilines is 2. The molecule has 31 heavy (non-hydrogen) atoms. The second-order valence-corrected chi connectivity index (χ2v) is 8.37. The van der Waals surface area contributed by atoms with Crippen molar-refractivity contribution < 1.29 is 14.3 Å². The number of carbonyl (C=O) groups is 1. The average molecular weight is 427 g/mol. The first-order chi connectivity index (χ1) is 14.9. The Balaban J connectivity index is 1.44. The Morgan fingerprint density at radius 3 is 2.97 bits per heavy atom. The number of fused-ring (bicyclic) bond motifs is 1. The van der Waals surface area contributed by atoms with E-state index in [-0.39, 0.29) is 18.2 Å². The number of benzene rings is 1. The molecular weight excluding hydrogens is 396 g/mol. The molecule has 0 radical (unpaired) electrons. The van der Waals surface area contributed by atoms with Crippen molar-refractivity contribution in [1.29, 1.82) is 0 Å². The summed E-state index contributed by atoms with van der Waals surface area (Å²) >= 11 is 0. The van der Waals surface area contributed by atoms with Crippen LogP contribution in [0.3, 0.4) is 0 Å². The summed E-state index contributed by atoms with van der Waals surface area (Å²) in [6.07, 6.45) is 2.20. The summed E-state index contributed by atoms with van der Waals surface area (Å²) in [6, 6.07) is 8.17. The summed E-state index contributed by atoms with van der Waals surface area (Å²) < 4.78 is 12.7. The molecule has 3 aromatic rings. The molecular formula is C22H30N6O3. The zero-order valence-electron chi connectivity index (χ0n) is 18.4. The van der Waals surface area contributed by atoms with Crippen molar-refractivity contribution >= 4 is 28.5 Å². The predicted molar refractivity (Wildman–Crippen MR) is 118 cm³/mol. The Hall–Kier alpha value is -3.07. The fourth-order valence-corrected chi connectivity index (χ4v) is 4.25. The van der Waals surface area contributed by atoms with Crippen LogP contribution in [-0.2, 0) is 23.1 Å². The first kappa shape index (κ1) is 21.2. The molecule has 3 N–H and O–H groups in total. The van der Waals surface area contributed by atoms with Gasteiger partial charge in [-0.2, -0.15) is 10.2 Å². The highest BCUT2D eigenvalue weighted by atomic mass is 16.6. The molecule has 0 bridgehead atoms. The predicted octanol–water partition coefficient (Wildman–Crippen LogP) is 3.96. The van der Waals surface area contributed by atoms with Crippen LogP contribution in [0.1, 0.15) is 50.4 Å². The first-order valence-corrected chi connectivity index (χ1v) is 10.7. The number of methoxy groups -OCH3 is 1. The largest absolute Gasteiger partial charge is 0.446 e. The van der Waals surface area contributed by atoms with Gasteiger partial charge < -0.3 is 20.1 Å². The Labute approximate surface area is 181 Å². The molecule has 1 aliphatic rings. The second kappa shape index (κ2) is 8.97. The highest BCUT2D eigenvalue weighted by Crippen LogP contribution is 2.36. The third kappa shape index (κ3) is 4.66.